The average Bonchev–Trinajstić information content (AvgIpc) is 3.68. The van der Waals surface area contributed by atoms with E-state index in [0.717, 1.165) is 57.2 Å². The maximum atomic E-state index is 12.7. The Morgan fingerprint density at radius 1 is 1.00 bits per heavy atom. The maximum Gasteiger partial charge on any atom is 0.318 e. The summed E-state index contributed by atoms with van der Waals surface area (Å²) in [4.78, 5) is 39.2. The Morgan fingerprint density at radius 3 is 2.35 bits per heavy atom. The van der Waals surface area contributed by atoms with Crippen molar-refractivity contribution in [2.45, 2.75) is 53.9 Å². The zero-order valence-electron chi connectivity index (χ0n) is 24.9. The number of fused-ring (bicyclic) bond motifs is 5. The van der Waals surface area contributed by atoms with Crippen LogP contribution in [0.15, 0.2) is 119 Å². The molecule has 0 saturated carbocycles. The molecule has 0 aromatic carbocycles. The SMILES string of the molecule is C=CC1=C(C)C2=NC1=CC1=NC(=CC3=C(C)C4=C(O)[C@H](C(=O)O)C(=C5NC(=C2)[C@@H](C)[C@@H]5CCC(=O)O)C4=N3)C(CC)=C1C. The lowest BCUT2D eigenvalue weighted by molar-refractivity contribution is -0.140. The van der Waals surface area contributed by atoms with Crippen molar-refractivity contribution in [3.63, 3.8) is 0 Å². The number of aliphatic imine (C=N–C) groups is 3. The van der Waals surface area contributed by atoms with Gasteiger partial charge in [-0.05, 0) is 74.1 Å². The molecule has 43 heavy (non-hydrogen) atoms. The number of nitrogens with one attached hydrogen (secondary N) is 1. The zero-order valence-corrected chi connectivity index (χ0v) is 24.9. The highest BCUT2D eigenvalue weighted by molar-refractivity contribution is 6.24. The van der Waals surface area contributed by atoms with Crippen molar-refractivity contribution in [1.29, 1.82) is 0 Å². The first-order chi connectivity index (χ1) is 20.5. The monoisotopic (exact) mass is 578 g/mol. The summed E-state index contributed by atoms with van der Waals surface area (Å²) in [5, 5.41) is 34.7. The summed E-state index contributed by atoms with van der Waals surface area (Å²) >= 11 is 0. The van der Waals surface area contributed by atoms with Crippen molar-refractivity contribution >= 4 is 29.1 Å². The first kappa shape index (κ1) is 28.3. The molecule has 0 aromatic rings. The number of carbonyl (C=O) groups is 2. The fourth-order valence-corrected chi connectivity index (χ4v) is 6.95. The second-order valence-electron chi connectivity index (χ2n) is 11.6. The predicted molar refractivity (Wildman–Crippen MR) is 166 cm³/mol. The number of aliphatic hydroxyl groups excluding tert-OH is 1. The lowest BCUT2D eigenvalue weighted by Crippen LogP contribution is -2.23. The number of rotatable bonds is 6. The molecule has 0 spiro atoms. The summed E-state index contributed by atoms with van der Waals surface area (Å²) in [6.45, 7) is 14.0. The van der Waals surface area contributed by atoms with Crippen molar-refractivity contribution in [3.05, 3.63) is 104 Å². The number of hydrogen-bond acceptors (Lipinski definition) is 7. The van der Waals surface area contributed by atoms with Crippen molar-refractivity contribution in [1.82, 2.24) is 5.32 Å². The molecule has 1 aliphatic carbocycles. The molecule has 0 amide bonds. The van der Waals surface area contributed by atoms with E-state index in [0.29, 0.717) is 33.8 Å². The van der Waals surface area contributed by atoms with Crippen LogP contribution < -0.4 is 5.32 Å². The quantitative estimate of drug-likeness (QED) is 0.303. The van der Waals surface area contributed by atoms with Crippen LogP contribution in [0.3, 0.4) is 0 Å². The second kappa shape index (κ2) is 10.2. The Balaban J connectivity index is 1.67. The number of allylic oxidation sites excluding steroid dienone is 11. The van der Waals surface area contributed by atoms with Crippen molar-refractivity contribution in [2.75, 3.05) is 0 Å². The van der Waals surface area contributed by atoms with Crippen LogP contribution in [0.5, 0.6) is 0 Å². The minimum absolute atomic E-state index is 0.0924. The number of nitrogens with zero attached hydrogens (tertiary/aromatic N) is 3. The van der Waals surface area contributed by atoms with E-state index in [-0.39, 0.29) is 30.4 Å². The Morgan fingerprint density at radius 2 is 1.70 bits per heavy atom. The molecule has 6 rings (SSSR count). The van der Waals surface area contributed by atoms with Gasteiger partial charge in [-0.15, -0.1) is 0 Å². The fraction of sp³-hybridized carbons (Fsp3) is 0.324. The number of hydrogen-bond donors (Lipinski definition) is 4. The predicted octanol–water partition coefficient (Wildman–Crippen LogP) is 6.02. The molecule has 9 heteroatoms. The number of aliphatic hydroxyl groups is 1. The molecule has 9 nitrogen and oxygen atoms in total. The number of aliphatic carboxylic acids is 2. The minimum Gasteiger partial charge on any atom is -0.510 e. The molecule has 8 bridgehead atoms. The zero-order chi connectivity index (χ0) is 30.9. The van der Waals surface area contributed by atoms with Crippen LogP contribution in [0, 0.1) is 17.8 Å². The number of carboxylic acid groups (broad SMARTS) is 2. The van der Waals surface area contributed by atoms with Crippen LogP contribution in [0.1, 0.15) is 53.9 Å². The third kappa shape index (κ3) is 4.25. The fourth-order valence-electron chi connectivity index (χ4n) is 6.95. The molecule has 3 atom stereocenters. The molecule has 6 aliphatic rings. The Kier molecular flexibility index (Phi) is 6.71. The second-order valence-corrected chi connectivity index (χ2v) is 11.6. The normalized spacial score (nSPS) is 26.0. The first-order valence-electron chi connectivity index (χ1n) is 14.5. The molecule has 0 aromatic heterocycles. The average molecular weight is 579 g/mol. The Hall–Kier alpha value is -4.79. The van der Waals surface area contributed by atoms with Gasteiger partial charge in [-0.1, -0.05) is 26.5 Å². The van der Waals surface area contributed by atoms with Gasteiger partial charge in [0.25, 0.3) is 0 Å². The van der Waals surface area contributed by atoms with Crippen LogP contribution in [0.25, 0.3) is 0 Å². The summed E-state index contributed by atoms with van der Waals surface area (Å²) in [6, 6.07) is 0. The van der Waals surface area contributed by atoms with Crippen LogP contribution in [-0.4, -0.2) is 44.4 Å². The highest BCUT2D eigenvalue weighted by Crippen LogP contribution is 2.48. The maximum absolute atomic E-state index is 12.7. The van der Waals surface area contributed by atoms with Crippen molar-refractivity contribution in [2.24, 2.45) is 32.7 Å². The molecule has 1 fully saturated rings. The molecule has 5 heterocycles. The lowest BCUT2D eigenvalue weighted by atomic mass is 9.84. The van der Waals surface area contributed by atoms with Gasteiger partial charge in [0.2, 0.25) is 0 Å². The summed E-state index contributed by atoms with van der Waals surface area (Å²) in [7, 11) is 0. The van der Waals surface area contributed by atoms with Gasteiger partial charge in [-0.3, -0.25) is 9.59 Å². The number of carboxylic acids is 2. The summed E-state index contributed by atoms with van der Waals surface area (Å²) in [5.74, 6) is -4.23. The Bertz CT molecular complexity index is 1800. The van der Waals surface area contributed by atoms with Crippen molar-refractivity contribution in [3.8, 4) is 0 Å². The summed E-state index contributed by atoms with van der Waals surface area (Å²) < 4.78 is 0. The molecule has 5 aliphatic heterocycles. The van der Waals surface area contributed by atoms with Gasteiger partial charge in [0.15, 0.2) is 0 Å². The van der Waals surface area contributed by atoms with E-state index in [2.05, 4.69) is 18.8 Å². The highest BCUT2D eigenvalue weighted by atomic mass is 16.4. The van der Waals surface area contributed by atoms with E-state index in [1.807, 2.05) is 45.9 Å². The van der Waals surface area contributed by atoms with Crippen LogP contribution in [0.2, 0.25) is 0 Å². The third-order valence-corrected chi connectivity index (χ3v) is 9.34. The molecule has 0 unspecified atom stereocenters. The molecule has 220 valence electrons. The lowest BCUT2D eigenvalue weighted by Gasteiger charge is -2.19. The summed E-state index contributed by atoms with van der Waals surface area (Å²) in [6.07, 6.45) is 8.56. The van der Waals surface area contributed by atoms with E-state index in [1.54, 1.807) is 6.08 Å². The third-order valence-electron chi connectivity index (χ3n) is 9.34. The van der Waals surface area contributed by atoms with Crippen LogP contribution in [-0.2, 0) is 9.59 Å². The van der Waals surface area contributed by atoms with Gasteiger partial charge < -0.3 is 20.6 Å². The smallest absolute Gasteiger partial charge is 0.318 e. The van der Waals surface area contributed by atoms with Gasteiger partial charge in [0.1, 0.15) is 11.7 Å². The summed E-state index contributed by atoms with van der Waals surface area (Å²) in [5.41, 5.74) is 10.8. The van der Waals surface area contributed by atoms with Gasteiger partial charge >= 0.3 is 11.9 Å². The standard InChI is InChI=1S/C34H34N4O5/c1-7-18-14(3)21-11-23-16(5)20(9-10-27(39)40)31(37-23)29-30(34(42)43)33(41)28-17(6)24(38-32(28)29)13-26-19(8-2)15(4)22(36-26)12-25(18)35-21/h7,11-13,16,20,30,37,41H,1,8-10H2,2-6H3,(H,39,40)(H,42,43)/t16-,20-,30+/m0/s1. The Labute approximate surface area is 249 Å². The first-order valence-corrected chi connectivity index (χ1v) is 14.5. The molecule has 1 saturated heterocycles. The van der Waals surface area contributed by atoms with E-state index in [1.165, 1.54) is 0 Å². The van der Waals surface area contributed by atoms with Gasteiger partial charge in [0, 0.05) is 46.4 Å². The van der Waals surface area contributed by atoms with Crippen molar-refractivity contribution < 1.29 is 24.9 Å². The van der Waals surface area contributed by atoms with Gasteiger partial charge in [-0.2, -0.15) is 0 Å². The van der Waals surface area contributed by atoms with Crippen LogP contribution >= 0.6 is 0 Å². The van der Waals surface area contributed by atoms with E-state index in [9.17, 15) is 24.9 Å². The van der Waals surface area contributed by atoms with Gasteiger partial charge in [0.05, 0.1) is 34.2 Å². The minimum atomic E-state index is -1.32. The largest absolute Gasteiger partial charge is 0.510 e. The van der Waals surface area contributed by atoms with E-state index in [4.69, 9.17) is 15.0 Å². The van der Waals surface area contributed by atoms with Crippen LogP contribution in [0.4, 0.5) is 0 Å². The highest BCUT2D eigenvalue weighted by Gasteiger charge is 2.48. The molecule has 4 N–H and O–H groups in total. The van der Waals surface area contributed by atoms with E-state index < -0.39 is 17.9 Å². The topological polar surface area (TPSA) is 144 Å². The molecular formula is C34H34N4O5. The van der Waals surface area contributed by atoms with Gasteiger partial charge in [-0.25, -0.2) is 15.0 Å². The molecule has 0 radical (unpaired) electrons. The molecular weight excluding hydrogens is 544 g/mol. The van der Waals surface area contributed by atoms with E-state index >= 15 is 0 Å².